The van der Waals surface area contributed by atoms with E-state index >= 15 is 0 Å². The van der Waals surface area contributed by atoms with Gasteiger partial charge in [-0.25, -0.2) is 24.4 Å². The number of thiazole rings is 1. The van der Waals surface area contributed by atoms with Gasteiger partial charge in [-0.1, -0.05) is 68.5 Å². The summed E-state index contributed by atoms with van der Waals surface area (Å²) in [5.74, 6) is -5.15. The summed E-state index contributed by atoms with van der Waals surface area (Å²) in [4.78, 5) is 103. The molecule has 2 saturated carbocycles. The zero-order chi connectivity index (χ0) is 70.0. The molecule has 6 heterocycles. The zero-order valence-corrected chi connectivity index (χ0v) is 56.1. The van der Waals surface area contributed by atoms with Gasteiger partial charge in [-0.05, 0) is 135 Å². The number of anilines is 2. The van der Waals surface area contributed by atoms with E-state index in [0.717, 1.165) is 61.8 Å². The van der Waals surface area contributed by atoms with E-state index < -0.39 is 113 Å². The third-order valence-corrected chi connectivity index (χ3v) is 20.5. The summed E-state index contributed by atoms with van der Waals surface area (Å²) >= 11 is 1.39. The van der Waals surface area contributed by atoms with Crippen molar-refractivity contribution in [3.05, 3.63) is 130 Å². The lowest BCUT2D eigenvalue weighted by Gasteiger charge is -2.58. The van der Waals surface area contributed by atoms with Crippen molar-refractivity contribution in [1.29, 1.82) is 0 Å². The molecule has 1 saturated heterocycles. The first-order chi connectivity index (χ1) is 46.5. The van der Waals surface area contributed by atoms with Crippen molar-refractivity contribution in [2.45, 2.75) is 141 Å². The number of aryl methyl sites for hydroxylation is 1. The second kappa shape index (κ2) is 29.0. The highest BCUT2D eigenvalue weighted by molar-refractivity contribution is 7.85. The molecular formula is C68H79N9O19S2. The van der Waals surface area contributed by atoms with E-state index in [0.29, 0.717) is 97.8 Å². The van der Waals surface area contributed by atoms with E-state index in [4.69, 9.17) is 29.0 Å². The van der Waals surface area contributed by atoms with Crippen LogP contribution in [0, 0.1) is 23.7 Å². The molecule has 98 heavy (non-hydrogen) atoms. The average molecular weight is 1390 g/mol. The molecule has 11 rings (SSSR count). The van der Waals surface area contributed by atoms with Gasteiger partial charge in [-0.2, -0.15) is 13.5 Å². The van der Waals surface area contributed by atoms with Gasteiger partial charge in [-0.15, -0.1) is 0 Å². The zero-order valence-electron chi connectivity index (χ0n) is 54.5. The maximum absolute atomic E-state index is 14.2. The number of carbonyl (C=O) groups excluding carboxylic acids is 5. The van der Waals surface area contributed by atoms with Crippen molar-refractivity contribution in [2.75, 3.05) is 55.3 Å². The lowest BCUT2D eigenvalue weighted by atomic mass is 9.51. The number of para-hydroxylation sites is 1. The van der Waals surface area contributed by atoms with Crippen LogP contribution in [0.5, 0.6) is 5.75 Å². The van der Waals surface area contributed by atoms with Crippen LogP contribution in [0.1, 0.15) is 115 Å². The number of aliphatic carboxylic acids is 1. The van der Waals surface area contributed by atoms with E-state index in [1.54, 1.807) is 30.5 Å². The Morgan fingerprint density at radius 2 is 1.65 bits per heavy atom. The van der Waals surface area contributed by atoms with Gasteiger partial charge >= 0.3 is 18.0 Å². The lowest BCUT2D eigenvalue weighted by Crippen LogP contribution is -2.61. The highest BCUT2D eigenvalue weighted by atomic mass is 32.2. The van der Waals surface area contributed by atoms with Crippen molar-refractivity contribution >= 4 is 84.3 Å². The Morgan fingerprint density at radius 3 is 2.40 bits per heavy atom. The van der Waals surface area contributed by atoms with Crippen LogP contribution >= 0.6 is 11.3 Å². The number of carboxylic acid groups (broad SMARTS) is 2. The van der Waals surface area contributed by atoms with Crippen molar-refractivity contribution in [3.63, 3.8) is 0 Å². The van der Waals surface area contributed by atoms with Gasteiger partial charge in [0, 0.05) is 79.4 Å². The van der Waals surface area contributed by atoms with Crippen molar-refractivity contribution in [1.82, 2.24) is 34.9 Å². The summed E-state index contributed by atoms with van der Waals surface area (Å²) in [7, 11) is -4.61. The number of hydrogen-bond acceptors (Lipinski definition) is 21. The number of unbranched alkanes of at least 4 members (excludes halogenated alkanes) is 1. The summed E-state index contributed by atoms with van der Waals surface area (Å²) in [6.07, 6.45) is -1.57. The van der Waals surface area contributed by atoms with E-state index in [9.17, 15) is 72.1 Å². The fourth-order valence-corrected chi connectivity index (χ4v) is 16.4. The molecule has 3 aromatic heterocycles. The van der Waals surface area contributed by atoms with E-state index in [1.807, 2.05) is 52.9 Å². The topological polar surface area (TPSA) is 389 Å². The molecular weight excluding hydrogens is 1310 g/mol. The molecule has 30 heteroatoms. The molecule has 522 valence electrons. The minimum Gasteiger partial charge on any atom is -0.479 e. The average Bonchev–Trinajstić information content (AvgIpc) is 0.756. The predicted octanol–water partition coefficient (Wildman–Crippen LogP) is 5.92. The molecule has 3 aliphatic heterocycles. The Balaban J connectivity index is 0.753. The highest BCUT2D eigenvalue weighted by Gasteiger charge is 2.56. The molecule has 0 radical (unpaired) electrons. The monoisotopic (exact) mass is 1390 g/mol. The second-order valence-corrected chi connectivity index (χ2v) is 29.6. The standard InChI is InChI=1S/C68H79N9O19S2/c1-39-29-66(3)35-67(4,38-77-40(2)46(31-70-77)44-17-18-51(72-55(44)61(85)86)75-23-21-42-11-9-12-45(47(42)32-75)60(84)73-64-71-48-13-5-6-14-50(48)97-64)37-68(30-39,36-66)94-26-24-74(25-27-98(90,91)92)65(89)93-34-43-16-15-41(10-7-8-22-69-52(78)33-76-53(79)19-20-54(76)80)28-49(43)95-63-58(83)56(81)57(82)59(96-63)62(87)88/h5-6,9,11-20,28,31,39,56-59,63,81-83H,7-8,10,21-27,29-30,32-38H2,1-4H3,(H,69,78)(H,85,86)(H,87,88)(H,71,73,84)(H,90,91,92)/t39?,56-,57-,58+,59-,63+,66?,67?,68?/m0/s1. The molecule has 28 nitrogen and oxygen atoms in total. The second-order valence-electron chi connectivity index (χ2n) is 26.9. The van der Waals surface area contributed by atoms with Crippen LogP contribution in [0.2, 0.25) is 0 Å². The van der Waals surface area contributed by atoms with Gasteiger partial charge in [0.25, 0.3) is 27.8 Å². The summed E-state index contributed by atoms with van der Waals surface area (Å²) in [5.41, 5.74) is 4.05. The van der Waals surface area contributed by atoms with Gasteiger partial charge in [0.05, 0.1) is 34.4 Å². The molecule has 2 bridgehead atoms. The lowest BCUT2D eigenvalue weighted by molar-refractivity contribution is -0.271. The predicted molar refractivity (Wildman–Crippen MR) is 354 cm³/mol. The number of pyridine rings is 1. The highest BCUT2D eigenvalue weighted by Crippen LogP contribution is 2.60. The third kappa shape index (κ3) is 16.2. The number of rotatable bonds is 26. The minimum absolute atomic E-state index is 0.0747. The molecule has 5 amide bonds. The van der Waals surface area contributed by atoms with E-state index in [1.165, 1.54) is 23.5 Å². The Hall–Kier alpha value is -8.75. The minimum atomic E-state index is -4.61. The Kier molecular flexibility index (Phi) is 20.9. The number of carboxylic acids is 2. The fraction of sp³-hybridized carbons (Fsp3) is 0.471. The number of fused-ring (bicyclic) bond motifs is 4. The van der Waals surface area contributed by atoms with Crippen LogP contribution in [0.4, 0.5) is 15.7 Å². The molecule has 2 aliphatic carbocycles. The van der Waals surface area contributed by atoms with Gasteiger partial charge in [0.1, 0.15) is 43.0 Å². The van der Waals surface area contributed by atoms with Crippen molar-refractivity contribution in [3.8, 4) is 16.9 Å². The number of nitrogens with zero attached hydrogens (tertiary/aromatic N) is 7. The maximum Gasteiger partial charge on any atom is 0.410 e. The van der Waals surface area contributed by atoms with Gasteiger partial charge in [-0.3, -0.25) is 38.6 Å². The number of imide groups is 1. The molecule has 9 atom stereocenters. The summed E-state index contributed by atoms with van der Waals surface area (Å²) in [5, 5.41) is 63.4. The van der Waals surface area contributed by atoms with E-state index in [2.05, 4.69) is 36.4 Å². The van der Waals surface area contributed by atoms with Crippen LogP contribution < -0.4 is 20.3 Å². The Morgan fingerprint density at radius 1 is 0.878 bits per heavy atom. The van der Waals surface area contributed by atoms with Crippen LogP contribution in [-0.4, -0.2) is 191 Å². The van der Waals surface area contributed by atoms with Crippen LogP contribution in [0.25, 0.3) is 21.3 Å². The number of nitrogens with one attached hydrogen (secondary N) is 2. The normalized spacial score (nSPS) is 24.5. The van der Waals surface area contributed by atoms with Gasteiger partial charge in [0.2, 0.25) is 12.2 Å². The van der Waals surface area contributed by atoms with Crippen molar-refractivity contribution in [2.24, 2.45) is 16.7 Å². The van der Waals surface area contributed by atoms with Crippen molar-refractivity contribution < 1.29 is 91.0 Å². The molecule has 4 unspecified atom stereocenters. The molecule has 6 aromatic rings. The first-order valence-electron chi connectivity index (χ1n) is 32.4. The number of aliphatic hydroxyl groups excluding tert-OH is 3. The number of amides is 5. The molecule has 5 aliphatic rings. The largest absolute Gasteiger partial charge is 0.479 e. The SMILES string of the molecule is Cc1c(-c2ccc(N3CCc4cccc(C(=O)Nc5nc6ccccc6s5)c4C3)nc2C(=O)O)cnn1CC1(C)CC2(C)CC(C)CC(OCCN(CCS(=O)(=O)O)C(=O)OCc3ccc(CCCCNC(=O)CN4C(=O)C=CC4=O)cc3O[C@@H]3O[C@H](C(=O)O)[C@@H](O)[C@H](O)[C@H]3O)(C2)C1. The molecule has 0 spiro atoms. The number of benzene rings is 3. The smallest absolute Gasteiger partial charge is 0.410 e. The first kappa shape index (κ1) is 70.6. The summed E-state index contributed by atoms with van der Waals surface area (Å²) in [6.45, 7) is 8.20. The first-order valence-corrected chi connectivity index (χ1v) is 34.8. The number of aromatic carboxylic acids is 1. The van der Waals surface area contributed by atoms with Gasteiger partial charge in [0.15, 0.2) is 16.9 Å². The summed E-state index contributed by atoms with van der Waals surface area (Å²) < 4.78 is 61.2. The summed E-state index contributed by atoms with van der Waals surface area (Å²) in [6, 6.07) is 21.5. The maximum atomic E-state index is 14.2. The number of aliphatic hydroxyl groups is 3. The van der Waals surface area contributed by atoms with Crippen LogP contribution in [0.3, 0.4) is 0 Å². The Bertz CT molecular complexity index is 4170. The number of carbonyl (C=O) groups is 7. The van der Waals surface area contributed by atoms with Gasteiger partial charge < -0.3 is 59.6 Å². The Labute approximate surface area is 568 Å². The fourth-order valence-electron chi connectivity index (χ4n) is 15.0. The quantitative estimate of drug-likeness (QED) is 0.0177. The molecule has 8 N–H and O–H groups in total. The number of aromatic nitrogens is 4. The third-order valence-electron chi connectivity index (χ3n) is 18.9. The number of hydrogen-bond donors (Lipinski definition) is 8. The van der Waals surface area contributed by atoms with Crippen LogP contribution in [-0.2, 0) is 76.0 Å². The number of ether oxygens (including phenoxy) is 4. The molecule has 3 aromatic carbocycles. The van der Waals surface area contributed by atoms with Crippen LogP contribution in [0.15, 0.2) is 91.1 Å². The van der Waals surface area contributed by atoms with E-state index in [-0.39, 0.29) is 53.9 Å². The molecule has 3 fully saturated rings.